The van der Waals surface area contributed by atoms with E-state index in [1.807, 2.05) is 24.3 Å². The van der Waals surface area contributed by atoms with Crippen LogP contribution in [-0.2, 0) is 10.3 Å². The second-order valence-electron chi connectivity index (χ2n) is 3.93. The van der Waals surface area contributed by atoms with Gasteiger partial charge in [-0.05, 0) is 18.4 Å². The quantitative estimate of drug-likeness (QED) is 0.558. The molecule has 1 aliphatic carbocycles. The molecule has 0 N–H and O–H groups in total. The lowest BCUT2D eigenvalue weighted by Gasteiger charge is -2.13. The van der Waals surface area contributed by atoms with E-state index >= 15 is 0 Å². The van der Waals surface area contributed by atoms with Gasteiger partial charge in [-0.15, -0.1) is 0 Å². The highest BCUT2D eigenvalue weighted by Gasteiger charge is 2.54. The van der Waals surface area contributed by atoms with Gasteiger partial charge in [0.25, 0.3) is 0 Å². The van der Waals surface area contributed by atoms with Crippen molar-refractivity contribution in [3.8, 4) is 5.75 Å². The van der Waals surface area contributed by atoms with Crippen LogP contribution in [0.25, 0.3) is 0 Å². The Kier molecular flexibility index (Phi) is 2.33. The summed E-state index contributed by atoms with van der Waals surface area (Å²) in [4.78, 5) is 14.4. The fraction of sp³-hybridized carbons (Fsp3) is 0.417. The standard InChI is InChI=1S/C12H13NO2/c1-9-7-12(9,13-8-14)10-5-3-4-6-11(10)15-2/h3-6,9H,7H2,1-2H3. The van der Waals surface area contributed by atoms with E-state index in [1.54, 1.807) is 13.2 Å². The predicted octanol–water partition coefficient (Wildman–Crippen LogP) is 2.27. The summed E-state index contributed by atoms with van der Waals surface area (Å²) in [7, 11) is 1.63. The van der Waals surface area contributed by atoms with E-state index in [2.05, 4.69) is 11.9 Å². The van der Waals surface area contributed by atoms with Crippen molar-refractivity contribution >= 4 is 6.08 Å². The SMILES string of the molecule is COc1ccccc1C1(N=C=O)CC1C. The molecule has 1 fully saturated rings. The molecule has 0 bridgehead atoms. The van der Waals surface area contributed by atoms with Crippen LogP contribution in [0.3, 0.4) is 0 Å². The van der Waals surface area contributed by atoms with Crippen LogP contribution in [0, 0.1) is 5.92 Å². The van der Waals surface area contributed by atoms with E-state index in [9.17, 15) is 4.79 Å². The van der Waals surface area contributed by atoms with Crippen LogP contribution in [-0.4, -0.2) is 13.2 Å². The number of isocyanates is 1. The summed E-state index contributed by atoms with van der Waals surface area (Å²) in [5.74, 6) is 1.18. The Labute approximate surface area is 88.8 Å². The summed E-state index contributed by atoms with van der Waals surface area (Å²) in [5.41, 5.74) is 0.609. The third-order valence-electron chi connectivity index (χ3n) is 3.09. The zero-order valence-corrected chi connectivity index (χ0v) is 8.86. The van der Waals surface area contributed by atoms with Gasteiger partial charge in [0.05, 0.1) is 7.11 Å². The van der Waals surface area contributed by atoms with Gasteiger partial charge in [-0.2, -0.15) is 4.99 Å². The number of hydrogen-bond acceptors (Lipinski definition) is 3. The largest absolute Gasteiger partial charge is 0.496 e. The average Bonchev–Trinajstić information content (AvgIpc) is 2.91. The lowest BCUT2D eigenvalue weighted by molar-refractivity contribution is 0.402. The first-order chi connectivity index (χ1) is 7.24. The highest BCUT2D eigenvalue weighted by Crippen LogP contribution is 2.57. The predicted molar refractivity (Wildman–Crippen MR) is 56.6 cm³/mol. The first kappa shape index (κ1) is 9.94. The van der Waals surface area contributed by atoms with Crippen LogP contribution >= 0.6 is 0 Å². The van der Waals surface area contributed by atoms with Crippen molar-refractivity contribution in [3.63, 3.8) is 0 Å². The molecule has 0 amide bonds. The van der Waals surface area contributed by atoms with E-state index in [4.69, 9.17) is 4.74 Å². The monoisotopic (exact) mass is 203 g/mol. The summed E-state index contributed by atoms with van der Waals surface area (Å²) >= 11 is 0. The molecule has 1 aromatic rings. The molecule has 0 aliphatic heterocycles. The molecule has 15 heavy (non-hydrogen) atoms. The molecule has 1 aliphatic rings. The van der Waals surface area contributed by atoms with Gasteiger partial charge >= 0.3 is 0 Å². The van der Waals surface area contributed by atoms with Gasteiger partial charge in [0.2, 0.25) is 6.08 Å². The highest BCUT2D eigenvalue weighted by atomic mass is 16.5. The van der Waals surface area contributed by atoms with Crippen LogP contribution in [0.2, 0.25) is 0 Å². The number of aliphatic imine (C=N–C) groups is 1. The molecule has 0 aromatic heterocycles. The molecule has 2 unspecified atom stereocenters. The van der Waals surface area contributed by atoms with Crippen molar-refractivity contribution in [2.24, 2.45) is 10.9 Å². The molecule has 2 rings (SSSR count). The number of carbonyl (C=O) groups excluding carboxylic acids is 1. The van der Waals surface area contributed by atoms with Crippen LogP contribution in [0.1, 0.15) is 18.9 Å². The maximum absolute atomic E-state index is 10.4. The Balaban J connectivity index is 2.48. The summed E-state index contributed by atoms with van der Waals surface area (Å²) in [5, 5.41) is 0. The molecule has 1 aromatic carbocycles. The molecule has 2 atom stereocenters. The Bertz CT molecular complexity index is 423. The number of para-hydroxylation sites is 1. The number of ether oxygens (including phenoxy) is 1. The zero-order valence-electron chi connectivity index (χ0n) is 8.86. The highest BCUT2D eigenvalue weighted by molar-refractivity contribution is 5.48. The minimum absolute atomic E-state index is 0.381. The third kappa shape index (κ3) is 1.45. The fourth-order valence-electron chi connectivity index (χ4n) is 2.08. The van der Waals surface area contributed by atoms with E-state index in [-0.39, 0.29) is 5.54 Å². The maximum Gasteiger partial charge on any atom is 0.235 e. The number of hydrogen-bond donors (Lipinski definition) is 0. The second-order valence-corrected chi connectivity index (χ2v) is 3.93. The molecular formula is C12H13NO2. The van der Waals surface area contributed by atoms with E-state index < -0.39 is 0 Å². The Morgan fingerprint density at radius 3 is 2.73 bits per heavy atom. The smallest absolute Gasteiger partial charge is 0.235 e. The number of methoxy groups -OCH3 is 1. The molecule has 1 saturated carbocycles. The van der Waals surface area contributed by atoms with Gasteiger partial charge in [0.15, 0.2) is 0 Å². The topological polar surface area (TPSA) is 38.7 Å². The Hall–Kier alpha value is -1.60. The molecule has 0 heterocycles. The van der Waals surface area contributed by atoms with E-state index in [0.29, 0.717) is 5.92 Å². The van der Waals surface area contributed by atoms with Crippen LogP contribution in [0.4, 0.5) is 0 Å². The molecule has 0 spiro atoms. The van der Waals surface area contributed by atoms with Gasteiger partial charge in [0.1, 0.15) is 11.3 Å². The van der Waals surface area contributed by atoms with Crippen molar-refractivity contribution in [1.29, 1.82) is 0 Å². The number of benzene rings is 1. The summed E-state index contributed by atoms with van der Waals surface area (Å²) in [6, 6.07) is 7.70. The fourth-order valence-corrected chi connectivity index (χ4v) is 2.08. The van der Waals surface area contributed by atoms with Crippen molar-refractivity contribution in [2.75, 3.05) is 7.11 Å². The minimum atomic E-state index is -0.381. The summed E-state index contributed by atoms with van der Waals surface area (Å²) < 4.78 is 5.28. The van der Waals surface area contributed by atoms with Crippen molar-refractivity contribution in [3.05, 3.63) is 29.8 Å². The van der Waals surface area contributed by atoms with Crippen LogP contribution < -0.4 is 4.74 Å². The maximum atomic E-state index is 10.4. The third-order valence-corrected chi connectivity index (χ3v) is 3.09. The van der Waals surface area contributed by atoms with Gasteiger partial charge in [-0.1, -0.05) is 25.1 Å². The lowest BCUT2D eigenvalue weighted by atomic mass is 10.0. The molecule has 78 valence electrons. The molecule has 3 heteroatoms. The molecule has 0 saturated heterocycles. The van der Waals surface area contributed by atoms with Crippen molar-refractivity contribution in [2.45, 2.75) is 18.9 Å². The van der Waals surface area contributed by atoms with Crippen molar-refractivity contribution < 1.29 is 9.53 Å². The average molecular weight is 203 g/mol. The Morgan fingerprint density at radius 1 is 1.53 bits per heavy atom. The second kappa shape index (κ2) is 3.52. The van der Waals surface area contributed by atoms with E-state index in [1.165, 1.54) is 0 Å². The van der Waals surface area contributed by atoms with Gasteiger partial charge in [0, 0.05) is 5.56 Å². The van der Waals surface area contributed by atoms with Crippen LogP contribution in [0.5, 0.6) is 5.75 Å². The molecular weight excluding hydrogens is 190 g/mol. The van der Waals surface area contributed by atoms with Crippen LogP contribution in [0.15, 0.2) is 29.3 Å². The van der Waals surface area contributed by atoms with Gasteiger partial charge < -0.3 is 4.74 Å². The minimum Gasteiger partial charge on any atom is -0.496 e. The van der Waals surface area contributed by atoms with Gasteiger partial charge in [-0.3, -0.25) is 0 Å². The van der Waals surface area contributed by atoms with Crippen molar-refractivity contribution in [1.82, 2.24) is 0 Å². The Morgan fingerprint density at radius 2 is 2.20 bits per heavy atom. The first-order valence-electron chi connectivity index (χ1n) is 4.97. The molecule has 0 radical (unpaired) electrons. The number of nitrogens with zero attached hydrogens (tertiary/aromatic N) is 1. The summed E-state index contributed by atoms with van der Waals surface area (Å²) in [6.07, 6.45) is 2.56. The first-order valence-corrected chi connectivity index (χ1v) is 4.97. The lowest BCUT2D eigenvalue weighted by Crippen LogP contribution is -2.07. The molecule has 3 nitrogen and oxygen atoms in total. The number of rotatable bonds is 3. The van der Waals surface area contributed by atoms with Gasteiger partial charge in [-0.25, -0.2) is 4.79 Å². The van der Waals surface area contributed by atoms with E-state index in [0.717, 1.165) is 17.7 Å². The zero-order chi connectivity index (χ0) is 10.9. The normalized spacial score (nSPS) is 28.0. The summed E-state index contributed by atoms with van der Waals surface area (Å²) in [6.45, 7) is 2.08.